The van der Waals surface area contributed by atoms with Gasteiger partial charge in [0.1, 0.15) is 0 Å². The highest BCUT2D eigenvalue weighted by atomic mass is 15.2. The van der Waals surface area contributed by atoms with E-state index >= 15 is 0 Å². The van der Waals surface area contributed by atoms with Crippen LogP contribution >= 0.6 is 0 Å². The average molecular weight is 256 g/mol. The Morgan fingerprint density at radius 2 is 1.79 bits per heavy atom. The second-order valence-electron chi connectivity index (χ2n) is 6.64. The Hall–Kier alpha value is -1.02. The highest BCUT2D eigenvalue weighted by Gasteiger charge is 2.38. The lowest BCUT2D eigenvalue weighted by Crippen LogP contribution is -2.38. The van der Waals surface area contributed by atoms with E-state index in [0.29, 0.717) is 0 Å². The Bertz CT molecular complexity index is 417. The molecule has 3 aliphatic rings. The van der Waals surface area contributed by atoms with Crippen molar-refractivity contribution in [3.63, 3.8) is 0 Å². The topological polar surface area (TPSA) is 15.3 Å². The van der Waals surface area contributed by atoms with Crippen LogP contribution in [0.4, 0.5) is 5.69 Å². The van der Waals surface area contributed by atoms with Crippen LogP contribution in [-0.4, -0.2) is 30.6 Å². The lowest BCUT2D eigenvalue weighted by atomic mass is 10.0. The summed E-state index contributed by atoms with van der Waals surface area (Å²) in [5, 5.41) is 3.68. The minimum atomic E-state index is 0.748. The lowest BCUT2D eigenvalue weighted by molar-refractivity contribution is 0.224. The molecule has 0 aromatic heterocycles. The number of nitrogens with one attached hydrogen (secondary N) is 1. The number of hydrogen-bond acceptors (Lipinski definition) is 2. The molecule has 102 valence electrons. The second-order valence-corrected chi connectivity index (χ2v) is 6.64. The van der Waals surface area contributed by atoms with Gasteiger partial charge in [-0.3, -0.25) is 4.90 Å². The van der Waals surface area contributed by atoms with Crippen LogP contribution in [0.25, 0.3) is 0 Å². The fraction of sp³-hybridized carbons (Fsp3) is 0.647. The number of benzene rings is 1. The van der Waals surface area contributed by atoms with Crippen molar-refractivity contribution in [2.45, 2.75) is 38.1 Å². The Balaban J connectivity index is 1.45. The normalized spacial score (nSPS) is 34.4. The van der Waals surface area contributed by atoms with E-state index in [4.69, 9.17) is 0 Å². The number of aryl methyl sites for hydroxylation is 1. The van der Waals surface area contributed by atoms with E-state index < -0.39 is 0 Å². The Kier molecular flexibility index (Phi) is 2.99. The van der Waals surface area contributed by atoms with Crippen molar-refractivity contribution < 1.29 is 0 Å². The van der Waals surface area contributed by atoms with Gasteiger partial charge in [0, 0.05) is 31.4 Å². The predicted molar refractivity (Wildman–Crippen MR) is 79.4 cm³/mol. The van der Waals surface area contributed by atoms with E-state index in [0.717, 1.165) is 24.4 Å². The monoisotopic (exact) mass is 256 g/mol. The van der Waals surface area contributed by atoms with Gasteiger partial charge >= 0.3 is 0 Å². The first kappa shape index (κ1) is 11.8. The summed E-state index contributed by atoms with van der Waals surface area (Å²) in [5.41, 5.74) is 2.87. The number of nitrogens with zero attached hydrogens (tertiary/aromatic N) is 1. The molecule has 19 heavy (non-hydrogen) atoms. The van der Waals surface area contributed by atoms with Crippen LogP contribution in [-0.2, 0) is 6.42 Å². The zero-order valence-corrected chi connectivity index (χ0v) is 11.6. The Labute approximate surface area is 116 Å². The highest BCUT2D eigenvalue weighted by Crippen LogP contribution is 2.39. The summed E-state index contributed by atoms with van der Waals surface area (Å²) in [6.07, 6.45) is 7.02. The molecule has 1 saturated heterocycles. The van der Waals surface area contributed by atoms with Crippen molar-refractivity contribution >= 4 is 5.69 Å². The van der Waals surface area contributed by atoms with Gasteiger partial charge in [-0.15, -0.1) is 0 Å². The molecule has 0 amide bonds. The van der Waals surface area contributed by atoms with Crippen LogP contribution in [0.15, 0.2) is 24.3 Å². The first-order valence-electron chi connectivity index (χ1n) is 7.96. The molecule has 2 nitrogen and oxygen atoms in total. The van der Waals surface area contributed by atoms with Crippen molar-refractivity contribution in [1.82, 2.24) is 4.90 Å². The highest BCUT2D eigenvalue weighted by molar-refractivity contribution is 5.52. The van der Waals surface area contributed by atoms with Gasteiger partial charge in [0.05, 0.1) is 0 Å². The predicted octanol–water partition coefficient (Wildman–Crippen LogP) is 3.15. The zero-order valence-electron chi connectivity index (χ0n) is 11.6. The van der Waals surface area contributed by atoms with E-state index in [-0.39, 0.29) is 0 Å². The van der Waals surface area contributed by atoms with Crippen LogP contribution in [0.2, 0.25) is 0 Å². The lowest BCUT2D eigenvalue weighted by Gasteiger charge is -2.27. The Morgan fingerprint density at radius 3 is 2.63 bits per heavy atom. The summed E-state index contributed by atoms with van der Waals surface area (Å²) in [6.45, 7) is 3.87. The van der Waals surface area contributed by atoms with Gasteiger partial charge in [0.25, 0.3) is 0 Å². The molecule has 3 unspecified atom stereocenters. The minimum absolute atomic E-state index is 0.748. The van der Waals surface area contributed by atoms with E-state index in [1.807, 2.05) is 0 Å². The fourth-order valence-electron chi connectivity index (χ4n) is 4.44. The number of fused-ring (bicyclic) bond motifs is 2. The SMILES string of the molecule is c1ccc2c(c1)CCC(N1CC3CCCC3C1)CN2. The summed E-state index contributed by atoms with van der Waals surface area (Å²) in [4.78, 5) is 2.79. The minimum Gasteiger partial charge on any atom is -0.383 e. The molecule has 3 atom stereocenters. The van der Waals surface area contributed by atoms with Gasteiger partial charge in [-0.05, 0) is 49.1 Å². The number of para-hydroxylation sites is 1. The molecule has 1 aliphatic carbocycles. The number of likely N-dealkylation sites (tertiary alicyclic amines) is 1. The largest absolute Gasteiger partial charge is 0.383 e. The third kappa shape index (κ3) is 2.16. The molecule has 2 aliphatic heterocycles. The van der Waals surface area contributed by atoms with Crippen LogP contribution in [0.3, 0.4) is 0 Å². The van der Waals surface area contributed by atoms with Crippen LogP contribution in [0, 0.1) is 11.8 Å². The van der Waals surface area contributed by atoms with Gasteiger partial charge in [-0.25, -0.2) is 0 Å². The van der Waals surface area contributed by atoms with Gasteiger partial charge in [0.15, 0.2) is 0 Å². The van der Waals surface area contributed by atoms with Gasteiger partial charge in [-0.1, -0.05) is 24.6 Å². The maximum absolute atomic E-state index is 3.68. The molecule has 1 N–H and O–H groups in total. The standard InChI is InChI=1S/C17H24N2/c1-2-7-17-13(4-1)8-9-16(10-18-17)19-11-14-5-3-6-15(14)12-19/h1-2,4,7,14-16,18H,3,5-6,8-12H2. The summed E-state index contributed by atoms with van der Waals surface area (Å²) < 4.78 is 0. The average Bonchev–Trinajstić information content (AvgIpc) is 2.95. The molecule has 0 bridgehead atoms. The van der Waals surface area contributed by atoms with Gasteiger partial charge in [0.2, 0.25) is 0 Å². The summed E-state index contributed by atoms with van der Waals surface area (Å²) in [5.74, 6) is 2.04. The van der Waals surface area contributed by atoms with Crippen LogP contribution < -0.4 is 5.32 Å². The molecule has 2 heteroatoms. The molecular formula is C17H24N2. The summed E-state index contributed by atoms with van der Waals surface area (Å²) >= 11 is 0. The third-order valence-corrected chi connectivity index (χ3v) is 5.56. The summed E-state index contributed by atoms with van der Waals surface area (Å²) in [6, 6.07) is 9.57. The molecule has 1 aromatic rings. The fourth-order valence-corrected chi connectivity index (χ4v) is 4.44. The molecular weight excluding hydrogens is 232 g/mol. The number of anilines is 1. The Morgan fingerprint density at radius 1 is 1.00 bits per heavy atom. The number of rotatable bonds is 1. The van der Waals surface area contributed by atoms with Crippen molar-refractivity contribution in [2.24, 2.45) is 11.8 Å². The van der Waals surface area contributed by atoms with Gasteiger partial charge < -0.3 is 5.32 Å². The smallest absolute Gasteiger partial charge is 0.0373 e. The first-order chi connectivity index (χ1) is 9.40. The van der Waals surface area contributed by atoms with Crippen molar-refractivity contribution in [3.8, 4) is 0 Å². The van der Waals surface area contributed by atoms with Crippen LogP contribution in [0.1, 0.15) is 31.2 Å². The van der Waals surface area contributed by atoms with Gasteiger partial charge in [-0.2, -0.15) is 0 Å². The van der Waals surface area contributed by atoms with Crippen molar-refractivity contribution in [3.05, 3.63) is 29.8 Å². The molecule has 1 aromatic carbocycles. The van der Waals surface area contributed by atoms with E-state index in [9.17, 15) is 0 Å². The maximum atomic E-state index is 3.68. The van der Waals surface area contributed by atoms with Crippen molar-refractivity contribution in [1.29, 1.82) is 0 Å². The first-order valence-corrected chi connectivity index (χ1v) is 7.96. The maximum Gasteiger partial charge on any atom is 0.0373 e. The second kappa shape index (κ2) is 4.82. The molecule has 1 saturated carbocycles. The summed E-state index contributed by atoms with van der Waals surface area (Å²) in [7, 11) is 0. The van der Waals surface area contributed by atoms with E-state index in [1.165, 1.54) is 56.4 Å². The van der Waals surface area contributed by atoms with E-state index in [1.54, 1.807) is 0 Å². The third-order valence-electron chi connectivity index (χ3n) is 5.56. The molecule has 2 heterocycles. The van der Waals surface area contributed by atoms with E-state index in [2.05, 4.69) is 34.5 Å². The zero-order chi connectivity index (χ0) is 12.7. The quantitative estimate of drug-likeness (QED) is 0.830. The molecule has 2 fully saturated rings. The van der Waals surface area contributed by atoms with Crippen molar-refractivity contribution in [2.75, 3.05) is 25.0 Å². The molecule has 0 spiro atoms. The molecule has 0 radical (unpaired) electrons. The molecule has 4 rings (SSSR count). The number of hydrogen-bond donors (Lipinski definition) is 1. The van der Waals surface area contributed by atoms with Crippen LogP contribution in [0.5, 0.6) is 0 Å².